The van der Waals surface area contributed by atoms with Crippen LogP contribution in [-0.2, 0) is 16.4 Å². The van der Waals surface area contributed by atoms with Gasteiger partial charge in [0.1, 0.15) is 0 Å². The lowest BCUT2D eigenvalue weighted by molar-refractivity contribution is 0.0954. The van der Waals surface area contributed by atoms with Crippen LogP contribution in [0, 0.1) is 6.92 Å². The Morgan fingerprint density at radius 3 is 2.41 bits per heavy atom. The Hall–Kier alpha value is -2.18. The largest absolute Gasteiger partial charge is 0.352 e. The fourth-order valence-corrected chi connectivity index (χ4v) is 4.84. The number of carbonyl (C=O) groups is 1. The van der Waals surface area contributed by atoms with Gasteiger partial charge in [-0.1, -0.05) is 36.2 Å². The lowest BCUT2D eigenvalue weighted by atomic mass is 10.1. The molecule has 27 heavy (non-hydrogen) atoms. The highest BCUT2D eigenvalue weighted by atomic mass is 32.2. The smallest absolute Gasteiger partial charge is 0.251 e. The third-order valence-electron chi connectivity index (χ3n) is 4.85. The summed E-state index contributed by atoms with van der Waals surface area (Å²) < 4.78 is 26.8. The minimum atomic E-state index is -3.46. The summed E-state index contributed by atoms with van der Waals surface area (Å²) in [7, 11) is -3.46. The zero-order valence-electron chi connectivity index (χ0n) is 15.6. The van der Waals surface area contributed by atoms with Gasteiger partial charge in [0.05, 0.1) is 4.90 Å². The molecule has 0 saturated carbocycles. The van der Waals surface area contributed by atoms with Crippen molar-refractivity contribution in [2.75, 3.05) is 19.6 Å². The van der Waals surface area contributed by atoms with Crippen molar-refractivity contribution in [3.8, 4) is 0 Å². The van der Waals surface area contributed by atoms with E-state index in [1.54, 1.807) is 12.1 Å². The monoisotopic (exact) mass is 386 g/mol. The molecule has 1 fully saturated rings. The van der Waals surface area contributed by atoms with Gasteiger partial charge in [-0.2, -0.15) is 4.31 Å². The molecule has 0 spiro atoms. The van der Waals surface area contributed by atoms with Crippen LogP contribution < -0.4 is 5.32 Å². The summed E-state index contributed by atoms with van der Waals surface area (Å²) in [6.07, 6.45) is 3.64. The molecule has 2 aromatic carbocycles. The number of hydrogen-bond acceptors (Lipinski definition) is 3. The molecule has 1 N–H and O–H groups in total. The van der Waals surface area contributed by atoms with E-state index in [0.29, 0.717) is 25.2 Å². The molecule has 3 rings (SSSR count). The number of aryl methyl sites for hydroxylation is 1. The number of sulfonamides is 1. The Morgan fingerprint density at radius 1 is 1.04 bits per heavy atom. The van der Waals surface area contributed by atoms with E-state index < -0.39 is 10.0 Å². The molecule has 0 unspecified atom stereocenters. The normalized spacial score (nSPS) is 15.4. The van der Waals surface area contributed by atoms with Gasteiger partial charge in [-0.3, -0.25) is 4.79 Å². The summed E-state index contributed by atoms with van der Waals surface area (Å²) >= 11 is 0. The number of carbonyl (C=O) groups excluding carboxylic acids is 1. The van der Waals surface area contributed by atoms with E-state index in [4.69, 9.17) is 0 Å². The fourth-order valence-electron chi connectivity index (χ4n) is 3.32. The van der Waals surface area contributed by atoms with Crippen molar-refractivity contribution in [2.24, 2.45) is 0 Å². The van der Waals surface area contributed by atoms with Gasteiger partial charge >= 0.3 is 0 Å². The molecule has 2 aromatic rings. The predicted octanol–water partition coefficient (Wildman–Crippen LogP) is 3.14. The first-order chi connectivity index (χ1) is 13.0. The lowest BCUT2D eigenvalue weighted by Crippen LogP contribution is -2.35. The number of benzene rings is 2. The van der Waals surface area contributed by atoms with Crippen LogP contribution in [0.25, 0.3) is 0 Å². The maximum Gasteiger partial charge on any atom is 0.251 e. The Labute approximate surface area is 161 Å². The molecular formula is C21H26N2O3S. The Morgan fingerprint density at radius 2 is 1.74 bits per heavy atom. The Balaban J connectivity index is 1.58. The van der Waals surface area contributed by atoms with Crippen molar-refractivity contribution in [3.05, 3.63) is 65.2 Å². The van der Waals surface area contributed by atoms with Crippen molar-refractivity contribution in [1.29, 1.82) is 0 Å². The van der Waals surface area contributed by atoms with Gasteiger partial charge in [-0.15, -0.1) is 0 Å². The van der Waals surface area contributed by atoms with E-state index >= 15 is 0 Å². The maximum atomic E-state index is 12.7. The van der Waals surface area contributed by atoms with Crippen molar-refractivity contribution < 1.29 is 13.2 Å². The van der Waals surface area contributed by atoms with E-state index in [0.717, 1.165) is 25.7 Å². The van der Waals surface area contributed by atoms with Crippen LogP contribution in [0.4, 0.5) is 0 Å². The minimum absolute atomic E-state index is 0.190. The number of nitrogens with zero attached hydrogens (tertiary/aromatic N) is 1. The van der Waals surface area contributed by atoms with E-state index in [-0.39, 0.29) is 10.8 Å². The van der Waals surface area contributed by atoms with Crippen molar-refractivity contribution in [1.82, 2.24) is 9.62 Å². The van der Waals surface area contributed by atoms with Crippen LogP contribution >= 0.6 is 0 Å². The van der Waals surface area contributed by atoms with E-state index in [1.807, 2.05) is 25.1 Å². The summed E-state index contributed by atoms with van der Waals surface area (Å²) in [5, 5.41) is 2.89. The number of rotatable bonds is 6. The minimum Gasteiger partial charge on any atom is -0.352 e. The Bertz CT molecular complexity index is 886. The Kier molecular flexibility index (Phi) is 6.29. The molecule has 144 valence electrons. The molecule has 1 aliphatic rings. The SMILES string of the molecule is Cc1cccc(CCNC(=O)c2ccc(S(=O)(=O)N3CCCCC3)cc2)c1. The van der Waals surface area contributed by atoms with Crippen LogP contribution in [0.5, 0.6) is 0 Å². The van der Waals surface area contributed by atoms with E-state index in [2.05, 4.69) is 11.4 Å². The molecule has 0 aliphatic carbocycles. The van der Waals surface area contributed by atoms with Gasteiger partial charge < -0.3 is 5.32 Å². The van der Waals surface area contributed by atoms with Crippen LogP contribution in [0.1, 0.15) is 40.7 Å². The van der Waals surface area contributed by atoms with Gasteiger partial charge in [0.15, 0.2) is 0 Å². The second-order valence-electron chi connectivity index (χ2n) is 6.98. The summed E-state index contributed by atoms with van der Waals surface area (Å²) in [6.45, 7) is 3.73. The number of amides is 1. The van der Waals surface area contributed by atoms with Crippen LogP contribution in [-0.4, -0.2) is 38.3 Å². The van der Waals surface area contributed by atoms with Crippen molar-refractivity contribution in [2.45, 2.75) is 37.5 Å². The second-order valence-corrected chi connectivity index (χ2v) is 8.92. The highest BCUT2D eigenvalue weighted by Crippen LogP contribution is 2.20. The standard InChI is InChI=1S/C21H26N2O3S/c1-17-6-5-7-18(16-17)12-13-22-21(24)19-8-10-20(11-9-19)27(25,26)23-14-3-2-4-15-23/h5-11,16H,2-4,12-15H2,1H3,(H,22,24). The molecule has 0 aromatic heterocycles. The van der Waals surface area contributed by atoms with Crippen molar-refractivity contribution >= 4 is 15.9 Å². The second kappa shape index (κ2) is 8.67. The molecule has 1 aliphatic heterocycles. The van der Waals surface area contributed by atoms with Gasteiger partial charge in [0, 0.05) is 25.2 Å². The molecule has 0 radical (unpaired) electrons. The van der Waals surface area contributed by atoms with Crippen molar-refractivity contribution in [3.63, 3.8) is 0 Å². The summed E-state index contributed by atoms with van der Waals surface area (Å²) in [5.74, 6) is -0.190. The average Bonchev–Trinajstić information content (AvgIpc) is 2.69. The number of hydrogen-bond donors (Lipinski definition) is 1. The summed E-state index contributed by atoms with van der Waals surface area (Å²) in [4.78, 5) is 12.5. The fraction of sp³-hybridized carbons (Fsp3) is 0.381. The predicted molar refractivity (Wildman–Crippen MR) is 106 cm³/mol. The molecule has 0 bridgehead atoms. The van der Waals surface area contributed by atoms with Gasteiger partial charge in [0.25, 0.3) is 5.91 Å². The molecule has 5 nitrogen and oxygen atoms in total. The average molecular weight is 387 g/mol. The summed E-state index contributed by atoms with van der Waals surface area (Å²) in [6, 6.07) is 14.4. The molecule has 1 heterocycles. The third-order valence-corrected chi connectivity index (χ3v) is 6.76. The highest BCUT2D eigenvalue weighted by Gasteiger charge is 2.25. The zero-order chi connectivity index (χ0) is 19.3. The molecular weight excluding hydrogens is 360 g/mol. The zero-order valence-corrected chi connectivity index (χ0v) is 16.5. The first-order valence-corrected chi connectivity index (χ1v) is 10.8. The number of nitrogens with one attached hydrogen (secondary N) is 1. The number of piperidine rings is 1. The van der Waals surface area contributed by atoms with E-state index in [1.165, 1.54) is 27.6 Å². The molecule has 0 atom stereocenters. The van der Waals surface area contributed by atoms with Crippen LogP contribution in [0.3, 0.4) is 0 Å². The van der Waals surface area contributed by atoms with Gasteiger partial charge in [0.2, 0.25) is 10.0 Å². The molecule has 1 saturated heterocycles. The molecule has 6 heteroatoms. The van der Waals surface area contributed by atoms with E-state index in [9.17, 15) is 13.2 Å². The highest BCUT2D eigenvalue weighted by molar-refractivity contribution is 7.89. The lowest BCUT2D eigenvalue weighted by Gasteiger charge is -2.25. The topological polar surface area (TPSA) is 66.5 Å². The quantitative estimate of drug-likeness (QED) is 0.829. The first-order valence-electron chi connectivity index (χ1n) is 9.41. The molecule has 1 amide bonds. The van der Waals surface area contributed by atoms with Gasteiger partial charge in [-0.25, -0.2) is 8.42 Å². The maximum absolute atomic E-state index is 12.7. The van der Waals surface area contributed by atoms with Gasteiger partial charge in [-0.05, 0) is 56.0 Å². The third kappa shape index (κ3) is 4.96. The summed E-state index contributed by atoms with van der Waals surface area (Å²) in [5.41, 5.74) is 2.85. The van der Waals surface area contributed by atoms with Crippen LogP contribution in [0.2, 0.25) is 0 Å². The first kappa shape index (κ1) is 19.6. The van der Waals surface area contributed by atoms with Crippen LogP contribution in [0.15, 0.2) is 53.4 Å².